The van der Waals surface area contributed by atoms with E-state index in [-0.39, 0.29) is 0 Å². The van der Waals surface area contributed by atoms with Crippen LogP contribution in [0.2, 0.25) is 0 Å². The maximum absolute atomic E-state index is 2.66. The quantitative estimate of drug-likeness (QED) is 0.640. The number of hydrogen-bond donors (Lipinski definition) is 0. The number of benzene rings is 1. The van der Waals surface area contributed by atoms with Crippen molar-refractivity contribution in [1.29, 1.82) is 0 Å². The van der Waals surface area contributed by atoms with Gasteiger partial charge >= 0.3 is 0 Å². The van der Waals surface area contributed by atoms with E-state index < -0.39 is 0 Å². The van der Waals surface area contributed by atoms with Crippen LogP contribution in [0.5, 0.6) is 0 Å². The third-order valence-electron chi connectivity index (χ3n) is 4.86. The highest BCUT2D eigenvalue weighted by Crippen LogP contribution is 2.48. The molecular weight excluding hydrogens is 194 g/mol. The van der Waals surface area contributed by atoms with Gasteiger partial charge in [-0.25, -0.2) is 0 Å². The first-order valence-electron chi connectivity index (χ1n) is 6.75. The third-order valence-corrected chi connectivity index (χ3v) is 4.86. The minimum absolute atomic E-state index is 0.896. The van der Waals surface area contributed by atoms with Crippen LogP contribution in [0.25, 0.3) is 0 Å². The molecule has 1 atom stereocenters. The molecule has 0 saturated carbocycles. The lowest BCUT2D eigenvalue weighted by molar-refractivity contribution is 0.501. The van der Waals surface area contributed by atoms with E-state index in [0.717, 1.165) is 5.92 Å². The molecule has 0 saturated heterocycles. The van der Waals surface area contributed by atoms with Crippen LogP contribution in [-0.2, 0) is 12.8 Å². The summed E-state index contributed by atoms with van der Waals surface area (Å²) in [4.78, 5) is 2.66. The normalized spacial score (nSPS) is 25.8. The van der Waals surface area contributed by atoms with Crippen LogP contribution in [0.15, 0.2) is 6.07 Å². The molecule has 0 radical (unpaired) electrons. The average molecular weight is 213 g/mol. The summed E-state index contributed by atoms with van der Waals surface area (Å²) in [5.74, 6) is 0.896. The van der Waals surface area contributed by atoms with Gasteiger partial charge in [0, 0.05) is 18.8 Å². The number of anilines is 1. The Labute approximate surface area is 97.5 Å². The molecule has 0 amide bonds. The zero-order chi connectivity index (χ0) is 10.7. The van der Waals surface area contributed by atoms with Gasteiger partial charge in [-0.05, 0) is 67.2 Å². The van der Waals surface area contributed by atoms with Gasteiger partial charge in [0.2, 0.25) is 0 Å². The molecule has 0 N–H and O–H groups in total. The standard InChI is InChI=1S/C15H19N/c1-10-9-12-4-2-3-11-5-7-16-8-6-13(10)15(16)14(11)12/h9,11H,2-8H2,1H3. The Hall–Kier alpha value is -0.980. The summed E-state index contributed by atoms with van der Waals surface area (Å²) in [5.41, 5.74) is 8.34. The molecule has 2 aliphatic heterocycles. The van der Waals surface area contributed by atoms with E-state index in [1.807, 2.05) is 0 Å². The van der Waals surface area contributed by atoms with Crippen molar-refractivity contribution in [2.75, 3.05) is 18.0 Å². The van der Waals surface area contributed by atoms with E-state index >= 15 is 0 Å². The zero-order valence-electron chi connectivity index (χ0n) is 10.1. The highest BCUT2D eigenvalue weighted by molar-refractivity contribution is 5.70. The summed E-state index contributed by atoms with van der Waals surface area (Å²) in [7, 11) is 0. The summed E-state index contributed by atoms with van der Waals surface area (Å²) < 4.78 is 0. The SMILES string of the molecule is Cc1cc2c3c4c1CCN4CCC3CCC2. The molecule has 4 rings (SSSR count). The van der Waals surface area contributed by atoms with Crippen molar-refractivity contribution in [2.45, 2.75) is 44.9 Å². The van der Waals surface area contributed by atoms with Gasteiger partial charge in [-0.1, -0.05) is 6.07 Å². The zero-order valence-corrected chi connectivity index (χ0v) is 10.1. The fourth-order valence-corrected chi connectivity index (χ4v) is 4.13. The minimum Gasteiger partial charge on any atom is -0.371 e. The molecule has 0 spiro atoms. The predicted molar refractivity (Wildman–Crippen MR) is 67.4 cm³/mol. The van der Waals surface area contributed by atoms with E-state index in [9.17, 15) is 0 Å². The lowest BCUT2D eigenvalue weighted by Crippen LogP contribution is -2.30. The predicted octanol–water partition coefficient (Wildman–Crippen LogP) is 3.18. The second-order valence-corrected chi connectivity index (χ2v) is 5.71. The van der Waals surface area contributed by atoms with Crippen molar-refractivity contribution in [1.82, 2.24) is 0 Å². The van der Waals surface area contributed by atoms with Gasteiger partial charge in [-0.15, -0.1) is 0 Å². The van der Waals surface area contributed by atoms with E-state index in [2.05, 4.69) is 17.9 Å². The summed E-state index contributed by atoms with van der Waals surface area (Å²) >= 11 is 0. The molecule has 1 aromatic carbocycles. The van der Waals surface area contributed by atoms with Gasteiger partial charge in [0.05, 0.1) is 0 Å². The second kappa shape index (κ2) is 3.03. The maximum Gasteiger partial charge on any atom is 0.0440 e. The Balaban J connectivity index is 2.04. The van der Waals surface area contributed by atoms with Crippen LogP contribution in [-0.4, -0.2) is 13.1 Å². The van der Waals surface area contributed by atoms with E-state index in [0.29, 0.717) is 0 Å². The number of rotatable bonds is 0. The fourth-order valence-electron chi connectivity index (χ4n) is 4.13. The molecule has 1 unspecified atom stereocenters. The molecule has 1 aliphatic carbocycles. The third kappa shape index (κ3) is 1.02. The average Bonchev–Trinajstić information content (AvgIpc) is 2.73. The van der Waals surface area contributed by atoms with Crippen molar-refractivity contribution < 1.29 is 0 Å². The van der Waals surface area contributed by atoms with Crippen LogP contribution in [0.4, 0.5) is 5.69 Å². The molecule has 0 fully saturated rings. The van der Waals surface area contributed by atoms with Crippen molar-refractivity contribution in [3.8, 4) is 0 Å². The van der Waals surface area contributed by atoms with E-state index in [4.69, 9.17) is 0 Å². The van der Waals surface area contributed by atoms with Crippen molar-refractivity contribution >= 4 is 5.69 Å². The van der Waals surface area contributed by atoms with Crippen LogP contribution in [0.1, 0.15) is 47.4 Å². The number of nitrogens with zero attached hydrogens (tertiary/aromatic N) is 1. The van der Waals surface area contributed by atoms with E-state index in [1.54, 1.807) is 27.9 Å². The second-order valence-electron chi connectivity index (χ2n) is 5.71. The Bertz CT molecular complexity index is 461. The summed E-state index contributed by atoms with van der Waals surface area (Å²) in [5, 5.41) is 0. The smallest absolute Gasteiger partial charge is 0.0440 e. The van der Waals surface area contributed by atoms with Crippen LogP contribution < -0.4 is 4.90 Å². The molecule has 0 aromatic heterocycles. The van der Waals surface area contributed by atoms with Gasteiger partial charge < -0.3 is 4.90 Å². The molecule has 3 aliphatic rings. The molecule has 16 heavy (non-hydrogen) atoms. The lowest BCUT2D eigenvalue weighted by Gasteiger charge is -2.37. The minimum atomic E-state index is 0.896. The molecular formula is C15H19N. The Morgan fingerprint density at radius 3 is 3.06 bits per heavy atom. The van der Waals surface area contributed by atoms with Crippen molar-refractivity contribution in [3.63, 3.8) is 0 Å². The molecule has 1 heteroatoms. The fraction of sp³-hybridized carbons (Fsp3) is 0.600. The molecule has 1 aromatic rings. The van der Waals surface area contributed by atoms with E-state index in [1.165, 1.54) is 45.2 Å². The molecule has 1 nitrogen and oxygen atoms in total. The summed E-state index contributed by atoms with van der Waals surface area (Å²) in [6.45, 7) is 4.90. The number of hydrogen-bond acceptors (Lipinski definition) is 1. The first kappa shape index (κ1) is 9.09. The first-order valence-corrected chi connectivity index (χ1v) is 6.75. The van der Waals surface area contributed by atoms with Gasteiger partial charge in [-0.2, -0.15) is 0 Å². The first-order chi connectivity index (χ1) is 7.84. The van der Waals surface area contributed by atoms with Crippen LogP contribution >= 0.6 is 0 Å². The Kier molecular flexibility index (Phi) is 1.72. The van der Waals surface area contributed by atoms with Crippen molar-refractivity contribution in [3.05, 3.63) is 28.3 Å². The monoisotopic (exact) mass is 213 g/mol. The van der Waals surface area contributed by atoms with Gasteiger partial charge in [0.1, 0.15) is 0 Å². The Morgan fingerprint density at radius 2 is 2.12 bits per heavy atom. The van der Waals surface area contributed by atoms with Crippen molar-refractivity contribution in [2.24, 2.45) is 0 Å². The largest absolute Gasteiger partial charge is 0.371 e. The molecule has 84 valence electrons. The highest BCUT2D eigenvalue weighted by atomic mass is 15.2. The lowest BCUT2D eigenvalue weighted by atomic mass is 9.76. The van der Waals surface area contributed by atoms with Crippen LogP contribution in [0.3, 0.4) is 0 Å². The highest BCUT2D eigenvalue weighted by Gasteiger charge is 2.35. The maximum atomic E-state index is 2.66. The molecule has 0 bridgehead atoms. The number of aryl methyl sites for hydroxylation is 2. The molecule has 2 heterocycles. The summed E-state index contributed by atoms with van der Waals surface area (Å²) in [6, 6.07) is 2.50. The van der Waals surface area contributed by atoms with Gasteiger partial charge in [0.25, 0.3) is 0 Å². The topological polar surface area (TPSA) is 3.24 Å². The Morgan fingerprint density at radius 1 is 1.19 bits per heavy atom. The van der Waals surface area contributed by atoms with Gasteiger partial charge in [-0.3, -0.25) is 0 Å². The summed E-state index contributed by atoms with van der Waals surface area (Å²) in [6.07, 6.45) is 6.88. The van der Waals surface area contributed by atoms with Crippen LogP contribution in [0, 0.1) is 6.92 Å². The van der Waals surface area contributed by atoms with Gasteiger partial charge in [0.15, 0.2) is 0 Å².